The summed E-state index contributed by atoms with van der Waals surface area (Å²) in [5.41, 5.74) is 1.41. The Morgan fingerprint density at radius 2 is 2.00 bits per heavy atom. The van der Waals surface area contributed by atoms with Crippen molar-refractivity contribution < 1.29 is 14.3 Å². The predicted octanol–water partition coefficient (Wildman–Crippen LogP) is 3.63. The molecule has 0 spiro atoms. The van der Waals surface area contributed by atoms with Crippen LogP contribution in [0.25, 0.3) is 17.0 Å². The number of nitrogens with zero attached hydrogens (tertiary/aromatic N) is 1. The zero-order valence-electron chi connectivity index (χ0n) is 11.1. The molecule has 0 bridgehead atoms. The van der Waals surface area contributed by atoms with Crippen LogP contribution in [-0.4, -0.2) is 15.6 Å². The van der Waals surface area contributed by atoms with Crippen LogP contribution in [-0.2, 0) is 10.3 Å². The quantitative estimate of drug-likeness (QED) is 0.839. The van der Waals surface area contributed by atoms with Gasteiger partial charge in [-0.15, -0.1) is 0 Å². The van der Waals surface area contributed by atoms with E-state index in [2.05, 4.69) is 0 Å². The molecule has 1 aromatic heterocycles. The maximum absolute atomic E-state index is 13.3. The first-order valence-electron chi connectivity index (χ1n) is 6.01. The number of hydrogen-bond donors (Lipinski definition) is 1. The van der Waals surface area contributed by atoms with Crippen LogP contribution in [0.15, 0.2) is 30.3 Å². The third-order valence-electron chi connectivity index (χ3n) is 2.86. The number of hydrogen-bond acceptors (Lipinski definition) is 1. The van der Waals surface area contributed by atoms with Gasteiger partial charge in [0.15, 0.2) is 0 Å². The van der Waals surface area contributed by atoms with E-state index in [0.717, 1.165) is 22.7 Å². The largest absolute Gasteiger partial charge is 0.478 e. The summed E-state index contributed by atoms with van der Waals surface area (Å²) < 4.78 is 15.3. The molecular formula is C15H16FNO2. The number of aromatic nitrogens is 1. The highest BCUT2D eigenvalue weighted by Gasteiger charge is 2.19. The highest BCUT2D eigenvalue weighted by molar-refractivity contribution is 5.88. The summed E-state index contributed by atoms with van der Waals surface area (Å²) >= 11 is 0. The van der Waals surface area contributed by atoms with Crippen molar-refractivity contribution in [1.82, 2.24) is 4.57 Å². The lowest BCUT2D eigenvalue weighted by molar-refractivity contribution is -0.131. The number of carbonyl (C=O) groups is 1. The van der Waals surface area contributed by atoms with Crippen LogP contribution in [0.4, 0.5) is 4.39 Å². The molecule has 1 aromatic carbocycles. The average Bonchev–Trinajstić information content (AvgIpc) is 2.63. The fourth-order valence-corrected chi connectivity index (χ4v) is 2.24. The standard InChI is InChI=1S/C15H16FNO2/c1-15(2,3)17-12(5-7-14(18)19)9-10-8-11(16)4-6-13(10)17/h4-9H,1-3H3,(H,18,19)/b7-5+. The summed E-state index contributed by atoms with van der Waals surface area (Å²) in [5, 5.41) is 9.50. The minimum Gasteiger partial charge on any atom is -0.478 e. The second-order valence-electron chi connectivity index (χ2n) is 5.45. The first kappa shape index (κ1) is 13.3. The Morgan fingerprint density at radius 1 is 1.32 bits per heavy atom. The molecule has 1 N–H and O–H groups in total. The number of halogens is 1. The van der Waals surface area contributed by atoms with Crippen LogP contribution in [0, 0.1) is 5.82 Å². The van der Waals surface area contributed by atoms with Crippen molar-refractivity contribution in [2.45, 2.75) is 26.3 Å². The van der Waals surface area contributed by atoms with Gasteiger partial charge < -0.3 is 9.67 Å². The third kappa shape index (κ3) is 2.67. The Bertz CT molecular complexity index is 663. The molecular weight excluding hydrogens is 245 g/mol. The Kier molecular flexibility index (Phi) is 3.18. The van der Waals surface area contributed by atoms with Crippen molar-refractivity contribution in [3.05, 3.63) is 41.9 Å². The molecule has 1 heterocycles. The molecule has 0 saturated heterocycles. The highest BCUT2D eigenvalue weighted by Crippen LogP contribution is 2.28. The molecule has 3 nitrogen and oxygen atoms in total. The lowest BCUT2D eigenvalue weighted by atomic mass is 10.1. The maximum atomic E-state index is 13.3. The van der Waals surface area contributed by atoms with Crippen molar-refractivity contribution in [1.29, 1.82) is 0 Å². The van der Waals surface area contributed by atoms with Crippen molar-refractivity contribution >= 4 is 22.9 Å². The first-order chi connectivity index (χ1) is 8.79. The number of aliphatic carboxylic acids is 1. The first-order valence-corrected chi connectivity index (χ1v) is 6.01. The number of carboxylic acids is 1. The fraction of sp³-hybridized carbons (Fsp3) is 0.267. The van der Waals surface area contributed by atoms with Gasteiger partial charge in [0, 0.05) is 28.2 Å². The van der Waals surface area contributed by atoms with Gasteiger partial charge in [-0.2, -0.15) is 0 Å². The lowest BCUT2D eigenvalue weighted by Crippen LogP contribution is -2.22. The Morgan fingerprint density at radius 3 is 2.58 bits per heavy atom. The van der Waals surface area contributed by atoms with Crippen LogP contribution in [0.1, 0.15) is 26.5 Å². The van der Waals surface area contributed by atoms with E-state index in [9.17, 15) is 9.18 Å². The summed E-state index contributed by atoms with van der Waals surface area (Å²) in [4.78, 5) is 10.6. The minimum absolute atomic E-state index is 0.224. The SMILES string of the molecule is CC(C)(C)n1c(/C=C/C(=O)O)cc2cc(F)ccc21. The topological polar surface area (TPSA) is 42.2 Å². The van der Waals surface area contributed by atoms with E-state index in [1.807, 2.05) is 25.3 Å². The van der Waals surface area contributed by atoms with Crippen LogP contribution < -0.4 is 0 Å². The van der Waals surface area contributed by atoms with Gasteiger partial charge in [-0.1, -0.05) is 0 Å². The molecule has 0 fully saturated rings. The second kappa shape index (κ2) is 4.53. The van der Waals surface area contributed by atoms with E-state index < -0.39 is 5.97 Å². The van der Waals surface area contributed by atoms with Gasteiger partial charge in [-0.05, 0) is 51.1 Å². The molecule has 2 rings (SSSR count). The lowest BCUT2D eigenvalue weighted by Gasteiger charge is -2.25. The van der Waals surface area contributed by atoms with Gasteiger partial charge in [-0.3, -0.25) is 0 Å². The Balaban J connectivity index is 2.71. The molecule has 0 unspecified atom stereocenters. The van der Waals surface area contributed by atoms with Gasteiger partial charge >= 0.3 is 5.97 Å². The van der Waals surface area contributed by atoms with Gasteiger partial charge in [0.2, 0.25) is 0 Å². The molecule has 0 radical (unpaired) electrons. The Labute approximate surface area is 111 Å². The molecule has 0 aliphatic carbocycles. The zero-order chi connectivity index (χ0) is 14.2. The number of carboxylic acid groups (broad SMARTS) is 1. The monoisotopic (exact) mass is 261 g/mol. The number of fused-ring (bicyclic) bond motifs is 1. The van der Waals surface area contributed by atoms with E-state index in [-0.39, 0.29) is 11.4 Å². The molecule has 100 valence electrons. The molecule has 19 heavy (non-hydrogen) atoms. The second-order valence-corrected chi connectivity index (χ2v) is 5.45. The van der Waals surface area contributed by atoms with E-state index in [1.54, 1.807) is 12.1 Å². The fourth-order valence-electron chi connectivity index (χ4n) is 2.24. The summed E-state index contributed by atoms with van der Waals surface area (Å²) in [6, 6.07) is 6.38. The molecule has 4 heteroatoms. The summed E-state index contributed by atoms with van der Waals surface area (Å²) in [5.74, 6) is -1.30. The average molecular weight is 261 g/mol. The van der Waals surface area contributed by atoms with Crippen LogP contribution in [0.5, 0.6) is 0 Å². The Hall–Kier alpha value is -2.10. The van der Waals surface area contributed by atoms with Crippen LogP contribution in [0.2, 0.25) is 0 Å². The van der Waals surface area contributed by atoms with E-state index in [1.165, 1.54) is 18.2 Å². The summed E-state index contributed by atoms with van der Waals surface area (Å²) in [6.07, 6.45) is 2.62. The zero-order valence-corrected chi connectivity index (χ0v) is 11.1. The van der Waals surface area contributed by atoms with Crippen molar-refractivity contribution in [3.63, 3.8) is 0 Å². The van der Waals surface area contributed by atoms with Crippen molar-refractivity contribution in [3.8, 4) is 0 Å². The van der Waals surface area contributed by atoms with Crippen molar-refractivity contribution in [2.75, 3.05) is 0 Å². The molecule has 0 amide bonds. The maximum Gasteiger partial charge on any atom is 0.328 e. The highest BCUT2D eigenvalue weighted by atomic mass is 19.1. The van der Waals surface area contributed by atoms with Crippen LogP contribution >= 0.6 is 0 Å². The van der Waals surface area contributed by atoms with E-state index >= 15 is 0 Å². The number of rotatable bonds is 2. The van der Waals surface area contributed by atoms with Crippen molar-refractivity contribution in [2.24, 2.45) is 0 Å². The normalized spacial score (nSPS) is 12.4. The van der Waals surface area contributed by atoms with Crippen LogP contribution in [0.3, 0.4) is 0 Å². The number of benzene rings is 1. The third-order valence-corrected chi connectivity index (χ3v) is 2.86. The molecule has 0 aliphatic rings. The minimum atomic E-state index is -1.00. The smallest absolute Gasteiger partial charge is 0.328 e. The summed E-state index contributed by atoms with van der Waals surface area (Å²) in [7, 11) is 0. The predicted molar refractivity (Wildman–Crippen MR) is 73.6 cm³/mol. The molecule has 2 aromatic rings. The van der Waals surface area contributed by atoms with Gasteiger partial charge in [0.1, 0.15) is 5.82 Å². The van der Waals surface area contributed by atoms with E-state index in [0.29, 0.717) is 0 Å². The molecule has 0 aliphatic heterocycles. The van der Waals surface area contributed by atoms with Gasteiger partial charge in [0.05, 0.1) is 0 Å². The molecule has 0 saturated carbocycles. The van der Waals surface area contributed by atoms with Gasteiger partial charge in [0.25, 0.3) is 0 Å². The summed E-state index contributed by atoms with van der Waals surface area (Å²) in [6.45, 7) is 6.07. The van der Waals surface area contributed by atoms with Gasteiger partial charge in [-0.25, -0.2) is 9.18 Å². The molecule has 0 atom stereocenters. The van der Waals surface area contributed by atoms with E-state index in [4.69, 9.17) is 5.11 Å².